The highest BCUT2D eigenvalue weighted by Crippen LogP contribution is 2.47. The molecule has 0 atom stereocenters. The van der Waals surface area contributed by atoms with Crippen LogP contribution in [-0.4, -0.2) is 21.2 Å². The van der Waals surface area contributed by atoms with Crippen molar-refractivity contribution >= 4 is 17.2 Å². The van der Waals surface area contributed by atoms with Gasteiger partial charge in [-0.15, -0.1) is 0 Å². The molecule has 32 heavy (non-hydrogen) atoms. The molecular weight excluding hydrogens is 441 g/mol. The summed E-state index contributed by atoms with van der Waals surface area (Å²) in [5, 5.41) is 5.54. The Morgan fingerprint density at radius 3 is 2.56 bits per heavy atom. The highest BCUT2D eigenvalue weighted by molar-refractivity contribution is 7.09. The number of carbonyl (C=O) groups is 1. The van der Waals surface area contributed by atoms with E-state index in [1.807, 2.05) is 27.7 Å². The smallest absolute Gasteiger partial charge is 0.407 e. The molecule has 6 nitrogen and oxygen atoms in total. The number of aromatic nitrogens is 2. The van der Waals surface area contributed by atoms with E-state index in [1.165, 1.54) is 11.3 Å². The van der Waals surface area contributed by atoms with Gasteiger partial charge in [0.15, 0.2) is 5.75 Å². The van der Waals surface area contributed by atoms with E-state index in [2.05, 4.69) is 22.5 Å². The fourth-order valence-electron chi connectivity index (χ4n) is 2.81. The Morgan fingerprint density at radius 2 is 2.00 bits per heavy atom. The van der Waals surface area contributed by atoms with Gasteiger partial charge >= 0.3 is 6.18 Å². The minimum atomic E-state index is -4.59. The molecule has 2 aromatic rings. The number of aryl methyl sites for hydroxylation is 1. The van der Waals surface area contributed by atoms with Crippen molar-refractivity contribution < 1.29 is 22.8 Å². The van der Waals surface area contributed by atoms with Gasteiger partial charge in [-0.25, -0.2) is 4.68 Å². The maximum absolute atomic E-state index is 13.3. The highest BCUT2D eigenvalue weighted by atomic mass is 32.1. The van der Waals surface area contributed by atoms with Crippen LogP contribution in [0.2, 0.25) is 0 Å². The van der Waals surface area contributed by atoms with Gasteiger partial charge in [0.25, 0.3) is 5.91 Å². The predicted octanol–water partition coefficient (Wildman–Crippen LogP) is 5.24. The van der Waals surface area contributed by atoms with E-state index in [-0.39, 0.29) is 16.7 Å². The summed E-state index contributed by atoms with van der Waals surface area (Å²) in [5.41, 5.74) is 1.06. The molecule has 0 radical (unpaired) electrons. The Morgan fingerprint density at radius 1 is 1.31 bits per heavy atom. The molecule has 1 aliphatic rings. The van der Waals surface area contributed by atoms with E-state index in [0.717, 1.165) is 48.9 Å². The van der Waals surface area contributed by atoms with Crippen molar-refractivity contribution in [1.29, 1.82) is 0 Å². The third-order valence-electron chi connectivity index (χ3n) is 5.06. The van der Waals surface area contributed by atoms with Crippen LogP contribution in [0, 0.1) is 0 Å². The molecule has 1 aromatic carbocycles. The van der Waals surface area contributed by atoms with Crippen LogP contribution in [0.5, 0.6) is 5.75 Å². The number of nitrogens with one attached hydrogen (secondary N) is 1. The largest absolute Gasteiger partial charge is 0.416 e. The Bertz CT molecular complexity index is 1050. The summed E-state index contributed by atoms with van der Waals surface area (Å²) in [6.45, 7) is 10.2. The Labute approximate surface area is 189 Å². The number of nitrogens with zero attached hydrogens (tertiary/aromatic N) is 3. The zero-order valence-corrected chi connectivity index (χ0v) is 19.8. The summed E-state index contributed by atoms with van der Waals surface area (Å²) in [5.74, 6) is -0.816. The number of carbonyl (C=O) groups excluding carboxylic acids is 1. The van der Waals surface area contributed by atoms with Crippen LogP contribution < -0.4 is 15.1 Å². The molecular formula is C22H29F3N4O2S. The number of rotatable bonds is 7. The summed E-state index contributed by atoms with van der Waals surface area (Å²) >= 11 is 1.32. The van der Waals surface area contributed by atoms with Gasteiger partial charge < -0.3 is 4.84 Å². The molecule has 0 aliphatic heterocycles. The van der Waals surface area contributed by atoms with Gasteiger partial charge in [0, 0.05) is 17.5 Å². The molecule has 10 heteroatoms. The van der Waals surface area contributed by atoms with Gasteiger partial charge in [0.2, 0.25) is 4.80 Å². The van der Waals surface area contributed by atoms with Gasteiger partial charge in [0.1, 0.15) is 5.01 Å². The number of hydrogen-bond donors (Lipinski definition) is 1. The van der Waals surface area contributed by atoms with Crippen molar-refractivity contribution in [3.63, 3.8) is 0 Å². The fraction of sp³-hybridized carbons (Fsp3) is 0.591. The number of hydroxylamine groups is 1. The first kappa shape index (κ1) is 24.4. The van der Waals surface area contributed by atoms with Crippen molar-refractivity contribution in [2.75, 3.05) is 0 Å². The van der Waals surface area contributed by atoms with Crippen LogP contribution in [0.3, 0.4) is 0 Å². The quantitative estimate of drug-likeness (QED) is 0.562. The molecule has 0 saturated heterocycles. The van der Waals surface area contributed by atoms with E-state index in [0.29, 0.717) is 11.3 Å². The molecule has 1 fully saturated rings. The molecule has 0 spiro atoms. The van der Waals surface area contributed by atoms with Gasteiger partial charge in [-0.05, 0) is 58.2 Å². The first-order valence-electron chi connectivity index (χ1n) is 10.7. The molecule has 1 heterocycles. The molecule has 0 bridgehead atoms. The van der Waals surface area contributed by atoms with Crippen molar-refractivity contribution in [3.8, 4) is 5.75 Å². The summed E-state index contributed by atoms with van der Waals surface area (Å²) in [4.78, 5) is 23.1. The maximum Gasteiger partial charge on any atom is 0.416 e. The van der Waals surface area contributed by atoms with E-state index < -0.39 is 23.2 Å². The van der Waals surface area contributed by atoms with Gasteiger partial charge in [-0.1, -0.05) is 31.6 Å². The number of alkyl halides is 3. The first-order chi connectivity index (χ1) is 14.8. The third-order valence-corrected chi connectivity index (χ3v) is 6.31. The topological polar surface area (TPSA) is 68.5 Å². The monoisotopic (exact) mass is 470 g/mol. The SMILES string of the molecule is CCCCn1nc(C2(C)CC2)sc1=NC(=O)c1cc(C(F)(F)F)ccc1ONC(C)(C)C. The van der Waals surface area contributed by atoms with Gasteiger partial charge in [-0.2, -0.15) is 28.7 Å². The molecule has 3 rings (SSSR count). The predicted molar refractivity (Wildman–Crippen MR) is 116 cm³/mol. The van der Waals surface area contributed by atoms with Crippen LogP contribution in [0.4, 0.5) is 13.2 Å². The Balaban J connectivity index is 2.03. The molecule has 1 aliphatic carbocycles. The number of benzene rings is 1. The molecule has 0 unspecified atom stereocenters. The van der Waals surface area contributed by atoms with Crippen molar-refractivity contribution in [1.82, 2.24) is 15.3 Å². The van der Waals surface area contributed by atoms with Crippen molar-refractivity contribution in [2.24, 2.45) is 4.99 Å². The molecule has 1 amide bonds. The van der Waals surface area contributed by atoms with Gasteiger partial charge in [-0.3, -0.25) is 4.79 Å². The second-order valence-electron chi connectivity index (χ2n) is 9.41. The molecule has 176 valence electrons. The normalized spacial score (nSPS) is 16.3. The fourth-order valence-corrected chi connectivity index (χ4v) is 3.94. The second-order valence-corrected chi connectivity index (χ2v) is 10.4. The minimum absolute atomic E-state index is 0.00342. The molecule has 1 saturated carbocycles. The number of unbranched alkanes of at least 4 members (excludes halogenated alkanes) is 1. The van der Waals surface area contributed by atoms with Crippen LogP contribution >= 0.6 is 11.3 Å². The number of halogens is 3. The average molecular weight is 471 g/mol. The van der Waals surface area contributed by atoms with Crippen LogP contribution in [-0.2, 0) is 18.1 Å². The van der Waals surface area contributed by atoms with E-state index in [4.69, 9.17) is 4.84 Å². The highest BCUT2D eigenvalue weighted by Gasteiger charge is 2.42. The average Bonchev–Trinajstić information content (AvgIpc) is 3.31. The lowest BCUT2D eigenvalue weighted by molar-refractivity contribution is -0.137. The summed E-state index contributed by atoms with van der Waals surface area (Å²) < 4.78 is 41.6. The summed E-state index contributed by atoms with van der Waals surface area (Å²) in [6.07, 6.45) is -0.759. The maximum atomic E-state index is 13.3. The van der Waals surface area contributed by atoms with Crippen LogP contribution in [0.25, 0.3) is 0 Å². The minimum Gasteiger partial charge on any atom is -0.407 e. The number of hydrogen-bond acceptors (Lipinski definition) is 5. The van der Waals surface area contributed by atoms with E-state index in [9.17, 15) is 18.0 Å². The molecule has 1 aromatic heterocycles. The van der Waals surface area contributed by atoms with Crippen molar-refractivity contribution in [3.05, 3.63) is 39.1 Å². The zero-order chi connectivity index (χ0) is 23.7. The van der Waals surface area contributed by atoms with E-state index >= 15 is 0 Å². The first-order valence-corrected chi connectivity index (χ1v) is 11.5. The van der Waals surface area contributed by atoms with Crippen LogP contribution in [0.1, 0.15) is 81.2 Å². The summed E-state index contributed by atoms with van der Waals surface area (Å²) in [6, 6.07) is 2.81. The molecule has 1 N–H and O–H groups in total. The van der Waals surface area contributed by atoms with Crippen molar-refractivity contribution in [2.45, 2.75) is 84.0 Å². The zero-order valence-electron chi connectivity index (χ0n) is 19.0. The standard InChI is InChI=1S/C22H29F3N4O2S/c1-6-7-12-29-19(32-18(27-29)21(5)10-11-21)26-17(30)15-13-14(22(23,24)25)8-9-16(15)31-28-20(2,3)4/h8-9,13,28H,6-7,10-12H2,1-5H3. The second kappa shape index (κ2) is 8.97. The lowest BCUT2D eigenvalue weighted by Crippen LogP contribution is -2.38. The third kappa shape index (κ3) is 5.98. The van der Waals surface area contributed by atoms with E-state index in [1.54, 1.807) is 4.68 Å². The Hall–Kier alpha value is -2.20. The summed E-state index contributed by atoms with van der Waals surface area (Å²) in [7, 11) is 0. The number of amides is 1. The lowest BCUT2D eigenvalue weighted by atomic mass is 10.1. The van der Waals surface area contributed by atoms with Crippen LogP contribution in [0.15, 0.2) is 23.2 Å². The Kier molecular flexibility index (Phi) is 6.86. The lowest BCUT2D eigenvalue weighted by Gasteiger charge is -2.21. The van der Waals surface area contributed by atoms with Gasteiger partial charge in [0.05, 0.1) is 11.1 Å².